The SMILES string of the molecule is COCOc1ccc2c#cc3ccc(c#cc4ccc(OCOC)c(c4)c4cc(c#cc5ccc(c#cc6ccc(OCOC)c(c6)c6cc(c#cc7ccc(c#cc8ccc(OCOC)c(c8)c1c2)cc7)ccc6OCOC)cc5)ccc4OCOC)cc3. The second-order valence-electron chi connectivity index (χ2n) is 19.8. The van der Waals surface area contributed by atoms with E-state index in [1.807, 2.05) is 182 Å². The third kappa shape index (κ3) is 16.7. The molecule has 0 aliphatic rings. The summed E-state index contributed by atoms with van der Waals surface area (Å²) in [6.07, 6.45) is 0. The Morgan fingerprint density at radius 1 is 0.178 bits per heavy atom. The van der Waals surface area contributed by atoms with Crippen LogP contribution in [0.2, 0.25) is 0 Å². The van der Waals surface area contributed by atoms with Crippen molar-refractivity contribution in [3.63, 3.8) is 0 Å². The molecular formula is C78H60O12. The van der Waals surface area contributed by atoms with E-state index in [9.17, 15) is 0 Å². The monoisotopic (exact) mass is 1190 g/mol. The molecule has 13 aromatic carbocycles. The van der Waals surface area contributed by atoms with Crippen LogP contribution in [0.15, 0.2) is 182 Å². The molecule has 0 aromatic heterocycles. The Morgan fingerprint density at radius 2 is 0.300 bits per heavy atom. The molecule has 0 unspecified atom stereocenters. The van der Waals surface area contributed by atoms with E-state index in [4.69, 9.17) is 56.8 Å². The van der Waals surface area contributed by atoms with E-state index in [-0.39, 0.29) is 40.8 Å². The Labute approximate surface area is 524 Å². The average molecular weight is 1190 g/mol. The number of methoxy groups -OCH3 is 6. The van der Waals surface area contributed by atoms with Crippen LogP contribution in [-0.2, 0) is 28.4 Å². The first-order valence-electron chi connectivity index (χ1n) is 28.3. The minimum atomic E-state index is 0.0220. The lowest BCUT2D eigenvalue weighted by Crippen LogP contribution is -2.00. The number of hydrogen-bond donors (Lipinski definition) is 0. The van der Waals surface area contributed by atoms with Crippen LogP contribution in [0.4, 0.5) is 0 Å². The van der Waals surface area contributed by atoms with E-state index >= 15 is 0 Å². The summed E-state index contributed by atoms with van der Waals surface area (Å²) < 4.78 is 68.7. The predicted octanol–water partition coefficient (Wildman–Crippen LogP) is 16.3. The van der Waals surface area contributed by atoms with E-state index < -0.39 is 0 Å². The van der Waals surface area contributed by atoms with Crippen molar-refractivity contribution in [2.24, 2.45) is 0 Å². The highest BCUT2D eigenvalue weighted by molar-refractivity contribution is 5.99. The average Bonchev–Trinajstić information content (AvgIpc) is 1.06. The Morgan fingerprint density at radius 3 is 0.433 bits per heavy atom. The lowest BCUT2D eigenvalue weighted by Gasteiger charge is -2.11. The minimum Gasteiger partial charge on any atom is -0.467 e. The zero-order valence-electron chi connectivity index (χ0n) is 50.5. The lowest BCUT2D eigenvalue weighted by molar-refractivity contribution is 0.0513. The van der Waals surface area contributed by atoms with Crippen LogP contribution in [0.25, 0.3) is 97.0 Å². The maximum atomic E-state index is 6.12. The molecule has 0 aliphatic heterocycles. The molecule has 0 saturated carbocycles. The molecule has 0 aliphatic carbocycles. The fourth-order valence-corrected chi connectivity index (χ4v) is 9.18. The van der Waals surface area contributed by atoms with E-state index in [0.717, 1.165) is 97.0 Å². The number of hydrogen-bond acceptors (Lipinski definition) is 12. The maximum Gasteiger partial charge on any atom is 0.188 e. The minimum absolute atomic E-state index is 0.0220. The molecule has 0 spiro atoms. The molecule has 90 heavy (non-hydrogen) atoms. The number of rotatable bonds is 18. The first kappa shape index (κ1) is 62.0. The topological polar surface area (TPSA) is 111 Å². The molecule has 13 aromatic rings. The van der Waals surface area contributed by atoms with E-state index in [1.165, 1.54) is 0 Å². The summed E-state index contributed by atoms with van der Waals surface area (Å²) in [5.41, 5.74) is 0. The molecule has 12 nitrogen and oxygen atoms in total. The van der Waals surface area contributed by atoms with Crippen molar-refractivity contribution in [3.05, 3.63) is 255 Å². The second kappa shape index (κ2) is 31.5. The molecule has 0 N–H and O–H groups in total. The normalized spacial score (nSPS) is 10.3. The van der Waals surface area contributed by atoms with Gasteiger partial charge in [-0.3, -0.25) is 0 Å². The van der Waals surface area contributed by atoms with Gasteiger partial charge in [0, 0.05) is 140 Å². The molecule has 18 bridgehead atoms. The highest BCUT2D eigenvalue weighted by Crippen LogP contribution is 2.36. The molecule has 0 radical (unpaired) electrons. The van der Waals surface area contributed by atoms with Crippen LogP contribution < -0.4 is 28.4 Å². The molecule has 444 valence electrons. The standard InChI is InChI=1S/C78H60O12/c1-79-49-85-73-37-31-61-25-19-55-7-9-57(10-8-55)21-27-63-33-39-75(87-51-81-3)69(45-63)71-47-65(35-41-77(71)89-53-83-5)29-23-59-15-17-60(18-16-59)24-30-66-36-42-78(90-54-84-6)72(48-66)70-46-64(34-40-76(70)88-52-82-4)28-22-58-13-11-56(12-14-58)20-26-62-32-38-74(86-50-80-2)68(44-62)67(73)43-61/h7-18,31-48H,49-54H2,1-6H3. The van der Waals surface area contributed by atoms with E-state index in [0.29, 0.717) is 34.5 Å². The van der Waals surface area contributed by atoms with Gasteiger partial charge in [-0.15, -0.1) is 0 Å². The van der Waals surface area contributed by atoms with Gasteiger partial charge in [-0.2, -0.15) is 0 Å². The van der Waals surface area contributed by atoms with Gasteiger partial charge in [0.05, 0.1) is 0 Å². The summed E-state index contributed by atoms with van der Waals surface area (Å²) in [7, 11) is 9.44. The lowest BCUT2D eigenvalue weighted by atomic mass is 10.1. The quantitative estimate of drug-likeness (QED) is 0.0763. The van der Waals surface area contributed by atoms with Gasteiger partial charge in [0.1, 0.15) is 34.5 Å². The van der Waals surface area contributed by atoms with Crippen molar-refractivity contribution < 1.29 is 56.8 Å². The van der Waals surface area contributed by atoms with Crippen LogP contribution in [-0.4, -0.2) is 83.4 Å². The van der Waals surface area contributed by atoms with Crippen molar-refractivity contribution in [3.8, 4) is 34.5 Å². The summed E-state index contributed by atoms with van der Waals surface area (Å²) in [4.78, 5) is 0. The summed E-state index contributed by atoms with van der Waals surface area (Å²) in [6, 6.07) is 97.8. The first-order valence-corrected chi connectivity index (χ1v) is 28.3. The summed E-state index contributed by atoms with van der Waals surface area (Å²) in [6.45, 7) is 0.132. The Hall–Kier alpha value is -11.1. The fraction of sp³-hybridized carbons (Fsp3) is 0.154. The molecule has 0 heterocycles. The van der Waals surface area contributed by atoms with Gasteiger partial charge in [0.25, 0.3) is 0 Å². The number of benzene rings is 9. The molecule has 0 atom stereocenters. The molecule has 0 amide bonds. The number of ether oxygens (including phenoxy) is 12. The van der Waals surface area contributed by atoms with Gasteiger partial charge >= 0.3 is 0 Å². The summed E-state index contributed by atoms with van der Waals surface area (Å²) >= 11 is 0. The van der Waals surface area contributed by atoms with E-state index in [1.54, 1.807) is 42.7 Å². The molecule has 0 fully saturated rings. The zero-order chi connectivity index (χ0) is 62.3. The smallest absolute Gasteiger partial charge is 0.188 e. The van der Waals surface area contributed by atoms with Crippen molar-refractivity contribution in [1.82, 2.24) is 0 Å². The molecule has 0 saturated heterocycles. The first-order chi connectivity index (χ1) is 44.3. The molecule has 12 heteroatoms. The second-order valence-corrected chi connectivity index (χ2v) is 19.8. The van der Waals surface area contributed by atoms with Gasteiger partial charge in [-0.25, -0.2) is 0 Å². The van der Waals surface area contributed by atoms with Gasteiger partial charge in [-0.05, 0) is 182 Å². The molecular weight excluding hydrogens is 1130 g/mol. The number of fused-ring (bicyclic) bond motifs is 3. The van der Waals surface area contributed by atoms with Crippen LogP contribution in [0.5, 0.6) is 34.5 Å². The highest BCUT2D eigenvalue weighted by Gasteiger charge is 2.11. The Kier molecular flexibility index (Phi) is 21.7. The summed E-state index contributed by atoms with van der Waals surface area (Å²) in [5, 5.41) is 13.6. The Balaban J connectivity index is 1.17. The predicted molar refractivity (Wildman–Crippen MR) is 351 cm³/mol. The summed E-state index contributed by atoms with van der Waals surface area (Å²) in [5.74, 6) is 3.39. The van der Waals surface area contributed by atoms with E-state index in [2.05, 4.69) is 72.8 Å². The van der Waals surface area contributed by atoms with Gasteiger partial charge in [0.15, 0.2) is 40.8 Å². The fourth-order valence-electron chi connectivity index (χ4n) is 9.18. The van der Waals surface area contributed by atoms with Crippen molar-refractivity contribution in [1.29, 1.82) is 0 Å². The van der Waals surface area contributed by atoms with Gasteiger partial charge in [-0.1, -0.05) is 72.8 Å². The van der Waals surface area contributed by atoms with Crippen LogP contribution in [0, 0.1) is 72.8 Å². The van der Waals surface area contributed by atoms with Crippen molar-refractivity contribution in [2.75, 3.05) is 83.4 Å². The zero-order valence-corrected chi connectivity index (χ0v) is 50.5. The Bertz CT molecular complexity index is 3810. The van der Waals surface area contributed by atoms with Gasteiger partial charge in [0.2, 0.25) is 0 Å². The van der Waals surface area contributed by atoms with Crippen LogP contribution in [0.3, 0.4) is 0 Å². The third-order valence-corrected chi connectivity index (χ3v) is 13.5. The molecule has 13 rings (SSSR count). The van der Waals surface area contributed by atoms with Gasteiger partial charge < -0.3 is 56.8 Å². The van der Waals surface area contributed by atoms with Crippen LogP contribution in [0.1, 0.15) is 0 Å². The third-order valence-electron chi connectivity index (χ3n) is 13.5. The largest absolute Gasteiger partial charge is 0.467 e. The van der Waals surface area contributed by atoms with Crippen molar-refractivity contribution in [2.45, 2.75) is 0 Å². The highest BCUT2D eigenvalue weighted by atomic mass is 16.7. The van der Waals surface area contributed by atoms with Crippen LogP contribution >= 0.6 is 0 Å². The maximum absolute atomic E-state index is 6.12. The van der Waals surface area contributed by atoms with Crippen molar-refractivity contribution >= 4 is 97.0 Å².